The summed E-state index contributed by atoms with van der Waals surface area (Å²) < 4.78 is 5.67. The standard InChI is InChI=1S/C13H17N5O2S2/c1-4-6-14-12-16-17-13(22-12)21-9(5-2)11(19)15-10-7-8(3)20-18-10/h4,7,9H,1,5-6H2,2-3H3,(H,14,16)(H,15,18,19). The van der Waals surface area contributed by atoms with E-state index >= 15 is 0 Å². The zero-order chi connectivity index (χ0) is 15.9. The number of rotatable bonds is 8. The molecule has 118 valence electrons. The lowest BCUT2D eigenvalue weighted by molar-refractivity contribution is -0.115. The quantitative estimate of drug-likeness (QED) is 0.564. The Kier molecular flexibility index (Phi) is 5.96. The van der Waals surface area contributed by atoms with Gasteiger partial charge in [-0.1, -0.05) is 41.3 Å². The van der Waals surface area contributed by atoms with Gasteiger partial charge in [0.15, 0.2) is 10.2 Å². The molecular weight excluding hydrogens is 322 g/mol. The van der Waals surface area contributed by atoms with Gasteiger partial charge in [-0.2, -0.15) is 0 Å². The first-order valence-electron chi connectivity index (χ1n) is 6.71. The molecule has 22 heavy (non-hydrogen) atoms. The summed E-state index contributed by atoms with van der Waals surface area (Å²) in [5.41, 5.74) is 0. The molecule has 1 atom stereocenters. The maximum atomic E-state index is 12.3. The van der Waals surface area contributed by atoms with Crippen LogP contribution in [0.2, 0.25) is 0 Å². The molecule has 0 fully saturated rings. The van der Waals surface area contributed by atoms with Crippen molar-refractivity contribution < 1.29 is 9.32 Å². The maximum absolute atomic E-state index is 12.3. The van der Waals surface area contributed by atoms with Gasteiger partial charge in [-0.15, -0.1) is 16.8 Å². The molecule has 1 amide bonds. The first-order chi connectivity index (χ1) is 10.6. The number of aromatic nitrogens is 3. The lowest BCUT2D eigenvalue weighted by Crippen LogP contribution is -2.24. The van der Waals surface area contributed by atoms with Crippen molar-refractivity contribution in [2.24, 2.45) is 0 Å². The Bertz CT molecular complexity index is 640. The molecule has 7 nitrogen and oxygen atoms in total. The first kappa shape index (κ1) is 16.5. The predicted molar refractivity (Wildman–Crippen MR) is 88.4 cm³/mol. The second-order valence-electron chi connectivity index (χ2n) is 4.37. The Balaban J connectivity index is 1.94. The third-order valence-electron chi connectivity index (χ3n) is 2.59. The minimum atomic E-state index is -0.266. The molecule has 0 saturated carbocycles. The highest BCUT2D eigenvalue weighted by molar-refractivity contribution is 8.02. The van der Waals surface area contributed by atoms with Crippen LogP contribution in [-0.4, -0.2) is 33.1 Å². The van der Waals surface area contributed by atoms with E-state index < -0.39 is 0 Å². The Morgan fingerprint density at radius 3 is 3.05 bits per heavy atom. The lowest BCUT2D eigenvalue weighted by atomic mass is 10.3. The van der Waals surface area contributed by atoms with Gasteiger partial charge in [0, 0.05) is 12.6 Å². The molecule has 9 heteroatoms. The van der Waals surface area contributed by atoms with Gasteiger partial charge >= 0.3 is 0 Å². The number of amides is 1. The van der Waals surface area contributed by atoms with Crippen LogP contribution in [0.15, 0.2) is 27.6 Å². The van der Waals surface area contributed by atoms with E-state index in [2.05, 4.69) is 32.6 Å². The van der Waals surface area contributed by atoms with Crippen molar-refractivity contribution in [1.82, 2.24) is 15.4 Å². The molecule has 0 aromatic carbocycles. The summed E-state index contributed by atoms with van der Waals surface area (Å²) in [6.45, 7) is 7.98. The number of anilines is 2. The molecule has 1 unspecified atom stereocenters. The van der Waals surface area contributed by atoms with E-state index in [0.717, 1.165) is 4.34 Å². The molecule has 0 aliphatic heterocycles. The number of carbonyl (C=O) groups excluding carboxylic acids is 1. The summed E-state index contributed by atoms with van der Waals surface area (Å²) in [5, 5.41) is 18.1. The maximum Gasteiger partial charge on any atom is 0.239 e. The molecule has 2 aromatic heterocycles. The highest BCUT2D eigenvalue weighted by atomic mass is 32.2. The molecule has 0 aliphatic carbocycles. The SMILES string of the molecule is C=CCNc1nnc(SC(CC)C(=O)Nc2cc(C)on2)s1. The van der Waals surface area contributed by atoms with Gasteiger partial charge in [0.2, 0.25) is 11.0 Å². The summed E-state index contributed by atoms with van der Waals surface area (Å²) in [4.78, 5) is 12.3. The largest absolute Gasteiger partial charge is 0.360 e. The third kappa shape index (κ3) is 4.57. The molecule has 0 spiro atoms. The molecular formula is C13H17N5O2S2. The fraction of sp³-hybridized carbons (Fsp3) is 0.385. The van der Waals surface area contributed by atoms with Crippen molar-refractivity contribution in [3.05, 3.63) is 24.5 Å². The monoisotopic (exact) mass is 339 g/mol. The first-order valence-corrected chi connectivity index (χ1v) is 8.41. The highest BCUT2D eigenvalue weighted by Gasteiger charge is 2.21. The van der Waals surface area contributed by atoms with E-state index in [4.69, 9.17) is 4.52 Å². The van der Waals surface area contributed by atoms with Crippen LogP contribution >= 0.6 is 23.1 Å². The Morgan fingerprint density at radius 1 is 1.59 bits per heavy atom. The van der Waals surface area contributed by atoms with E-state index in [9.17, 15) is 4.79 Å². The molecule has 2 N–H and O–H groups in total. The van der Waals surface area contributed by atoms with Crippen molar-refractivity contribution in [1.29, 1.82) is 0 Å². The number of hydrogen-bond donors (Lipinski definition) is 2. The lowest BCUT2D eigenvalue weighted by Gasteiger charge is -2.10. The van der Waals surface area contributed by atoms with Crippen molar-refractivity contribution in [2.45, 2.75) is 29.9 Å². The summed E-state index contributed by atoms with van der Waals surface area (Å²) in [6.07, 6.45) is 2.42. The minimum absolute atomic E-state index is 0.128. The molecule has 2 heterocycles. The summed E-state index contributed by atoms with van der Waals surface area (Å²) >= 11 is 2.80. The van der Waals surface area contributed by atoms with E-state index in [1.807, 2.05) is 6.92 Å². The van der Waals surface area contributed by atoms with Crippen LogP contribution in [0.5, 0.6) is 0 Å². The highest BCUT2D eigenvalue weighted by Crippen LogP contribution is 2.30. The molecule has 0 radical (unpaired) electrons. The molecule has 2 aromatic rings. The Morgan fingerprint density at radius 2 is 2.41 bits per heavy atom. The van der Waals surface area contributed by atoms with Crippen molar-refractivity contribution in [2.75, 3.05) is 17.2 Å². The summed E-state index contributed by atoms with van der Waals surface area (Å²) in [6, 6.07) is 1.68. The van der Waals surface area contributed by atoms with Crippen LogP contribution in [0.4, 0.5) is 10.9 Å². The predicted octanol–water partition coefficient (Wildman–Crippen LogP) is 2.94. The van der Waals surface area contributed by atoms with E-state index in [0.29, 0.717) is 29.7 Å². The van der Waals surface area contributed by atoms with Gasteiger partial charge in [-0.25, -0.2) is 0 Å². The van der Waals surface area contributed by atoms with E-state index in [-0.39, 0.29) is 11.2 Å². The van der Waals surface area contributed by atoms with Crippen LogP contribution in [0.1, 0.15) is 19.1 Å². The summed E-state index contributed by atoms with van der Waals surface area (Å²) in [5.74, 6) is 0.946. The van der Waals surface area contributed by atoms with Crippen molar-refractivity contribution in [3.8, 4) is 0 Å². The number of aryl methyl sites for hydroxylation is 1. The second-order valence-corrected chi connectivity index (χ2v) is 6.80. The van der Waals surface area contributed by atoms with Gasteiger partial charge < -0.3 is 15.2 Å². The molecule has 2 rings (SSSR count). The van der Waals surface area contributed by atoms with Crippen molar-refractivity contribution in [3.63, 3.8) is 0 Å². The van der Waals surface area contributed by atoms with E-state index in [1.165, 1.54) is 23.1 Å². The number of hydrogen-bond acceptors (Lipinski definition) is 8. The average molecular weight is 339 g/mol. The van der Waals surface area contributed by atoms with Crippen LogP contribution in [0.25, 0.3) is 0 Å². The number of carbonyl (C=O) groups is 1. The number of thioether (sulfide) groups is 1. The zero-order valence-electron chi connectivity index (χ0n) is 12.3. The fourth-order valence-corrected chi connectivity index (χ4v) is 3.49. The van der Waals surface area contributed by atoms with Crippen molar-refractivity contribution >= 4 is 40.0 Å². The third-order valence-corrected chi connectivity index (χ3v) is 4.92. The number of nitrogens with zero attached hydrogens (tertiary/aromatic N) is 3. The van der Waals surface area contributed by atoms with Gasteiger partial charge in [-0.05, 0) is 13.3 Å². The van der Waals surface area contributed by atoms with Gasteiger partial charge in [0.25, 0.3) is 0 Å². The smallest absolute Gasteiger partial charge is 0.239 e. The fourth-order valence-electron chi connectivity index (χ4n) is 1.56. The summed E-state index contributed by atoms with van der Waals surface area (Å²) in [7, 11) is 0. The molecule has 0 bridgehead atoms. The van der Waals surface area contributed by atoms with Crippen LogP contribution in [0.3, 0.4) is 0 Å². The topological polar surface area (TPSA) is 92.9 Å². The molecule has 0 saturated heterocycles. The van der Waals surface area contributed by atoms with Crippen LogP contribution in [-0.2, 0) is 4.79 Å². The number of nitrogens with one attached hydrogen (secondary N) is 2. The minimum Gasteiger partial charge on any atom is -0.360 e. The van der Waals surface area contributed by atoms with Gasteiger partial charge in [0.05, 0.1) is 5.25 Å². The van der Waals surface area contributed by atoms with E-state index in [1.54, 1.807) is 19.1 Å². The average Bonchev–Trinajstić information content (AvgIpc) is 3.11. The zero-order valence-corrected chi connectivity index (χ0v) is 14.0. The Hall–Kier alpha value is -1.87. The Labute approximate surface area is 136 Å². The van der Waals surface area contributed by atoms with Crippen LogP contribution < -0.4 is 10.6 Å². The second kappa shape index (κ2) is 7.95. The van der Waals surface area contributed by atoms with Gasteiger partial charge in [-0.3, -0.25) is 4.79 Å². The van der Waals surface area contributed by atoms with Crippen LogP contribution in [0, 0.1) is 6.92 Å². The molecule has 0 aliphatic rings. The normalized spacial score (nSPS) is 11.9. The van der Waals surface area contributed by atoms with Gasteiger partial charge in [0.1, 0.15) is 5.76 Å².